The molecule has 0 radical (unpaired) electrons. The van der Waals surface area contributed by atoms with Crippen molar-refractivity contribution < 1.29 is 14.7 Å². The number of rotatable bonds is 2. The first-order chi connectivity index (χ1) is 10.7. The molecule has 1 fully saturated rings. The van der Waals surface area contributed by atoms with Gasteiger partial charge < -0.3 is 5.11 Å². The third-order valence-electron chi connectivity index (χ3n) is 6.43. The summed E-state index contributed by atoms with van der Waals surface area (Å²) in [6.45, 7) is 8.25. The van der Waals surface area contributed by atoms with E-state index in [-0.39, 0.29) is 17.1 Å². The monoisotopic (exact) mass is 314 g/mol. The number of fused-ring (bicyclic) bond motifs is 3. The number of aliphatic carboxylic acids is 1. The molecule has 3 nitrogen and oxygen atoms in total. The normalized spacial score (nSPS) is 33.3. The number of Topliss-reactive ketones (excluding diaryl/α,β-unsaturated/α-hetero) is 1. The van der Waals surface area contributed by atoms with Crippen molar-refractivity contribution >= 4 is 11.8 Å². The van der Waals surface area contributed by atoms with Gasteiger partial charge in [-0.2, -0.15) is 0 Å². The van der Waals surface area contributed by atoms with Crippen LogP contribution in [0.3, 0.4) is 0 Å². The largest absolute Gasteiger partial charge is 0.481 e. The summed E-state index contributed by atoms with van der Waals surface area (Å²) >= 11 is 0. The van der Waals surface area contributed by atoms with Gasteiger partial charge in [-0.15, -0.1) is 0 Å². The second-order valence-corrected chi connectivity index (χ2v) is 8.13. The van der Waals surface area contributed by atoms with Gasteiger partial charge in [-0.05, 0) is 54.2 Å². The molecule has 3 rings (SSSR count). The molecule has 2 aliphatic rings. The first-order valence-corrected chi connectivity index (χ1v) is 8.61. The Morgan fingerprint density at radius 2 is 1.96 bits per heavy atom. The Morgan fingerprint density at radius 3 is 2.57 bits per heavy atom. The van der Waals surface area contributed by atoms with Crippen LogP contribution < -0.4 is 0 Å². The number of carbonyl (C=O) groups is 2. The zero-order valence-corrected chi connectivity index (χ0v) is 14.5. The summed E-state index contributed by atoms with van der Waals surface area (Å²) in [7, 11) is 0. The molecule has 0 aliphatic heterocycles. The van der Waals surface area contributed by atoms with Crippen LogP contribution in [0.25, 0.3) is 0 Å². The zero-order valence-electron chi connectivity index (χ0n) is 14.5. The molecule has 0 aromatic heterocycles. The lowest BCUT2D eigenvalue weighted by Crippen LogP contribution is -2.53. The first kappa shape index (κ1) is 16.2. The summed E-state index contributed by atoms with van der Waals surface area (Å²) in [6, 6.07) is 6.23. The van der Waals surface area contributed by atoms with Crippen LogP contribution in [0.2, 0.25) is 0 Å². The van der Waals surface area contributed by atoms with Gasteiger partial charge in [0.25, 0.3) is 0 Å². The van der Waals surface area contributed by atoms with Crippen LogP contribution in [0.15, 0.2) is 18.2 Å². The second-order valence-electron chi connectivity index (χ2n) is 8.13. The number of benzene rings is 1. The van der Waals surface area contributed by atoms with Crippen LogP contribution in [0.1, 0.15) is 80.8 Å². The van der Waals surface area contributed by atoms with Gasteiger partial charge in [0.15, 0.2) is 5.78 Å². The maximum atomic E-state index is 12.8. The number of hydrogen-bond donors (Lipinski definition) is 1. The lowest BCUT2D eigenvalue weighted by molar-refractivity contribution is -0.156. The lowest BCUT2D eigenvalue weighted by Gasteiger charge is -2.53. The molecule has 1 aromatic rings. The zero-order chi connectivity index (χ0) is 17.0. The van der Waals surface area contributed by atoms with Crippen molar-refractivity contribution in [2.75, 3.05) is 0 Å². The van der Waals surface area contributed by atoms with Crippen LogP contribution in [0.4, 0.5) is 0 Å². The summed E-state index contributed by atoms with van der Waals surface area (Å²) in [5.41, 5.74) is 2.04. The van der Waals surface area contributed by atoms with Gasteiger partial charge in [0.1, 0.15) is 0 Å². The molecule has 1 N–H and O–H groups in total. The van der Waals surface area contributed by atoms with Gasteiger partial charge in [0.2, 0.25) is 0 Å². The smallest absolute Gasteiger partial charge is 0.309 e. The Morgan fingerprint density at radius 1 is 1.26 bits per heavy atom. The van der Waals surface area contributed by atoms with Crippen LogP contribution in [-0.4, -0.2) is 16.9 Å². The average Bonchev–Trinajstić information content (AvgIpc) is 2.49. The van der Waals surface area contributed by atoms with Crippen LogP contribution >= 0.6 is 0 Å². The first-order valence-electron chi connectivity index (χ1n) is 8.61. The van der Waals surface area contributed by atoms with E-state index in [2.05, 4.69) is 32.9 Å². The number of ketones is 1. The quantitative estimate of drug-likeness (QED) is 0.871. The van der Waals surface area contributed by atoms with Crippen LogP contribution in [-0.2, 0) is 10.2 Å². The molecule has 3 atom stereocenters. The van der Waals surface area contributed by atoms with E-state index in [1.165, 1.54) is 5.56 Å². The van der Waals surface area contributed by atoms with Crippen molar-refractivity contribution in [2.45, 2.75) is 64.7 Å². The predicted molar refractivity (Wildman–Crippen MR) is 89.9 cm³/mol. The summed E-state index contributed by atoms with van der Waals surface area (Å²) in [6.07, 6.45) is 2.88. The van der Waals surface area contributed by atoms with Crippen molar-refractivity contribution in [1.82, 2.24) is 0 Å². The third-order valence-corrected chi connectivity index (χ3v) is 6.43. The summed E-state index contributed by atoms with van der Waals surface area (Å²) in [5, 5.41) is 9.79. The lowest BCUT2D eigenvalue weighted by atomic mass is 9.49. The van der Waals surface area contributed by atoms with E-state index in [0.717, 1.165) is 24.0 Å². The Hall–Kier alpha value is -1.64. The fraction of sp³-hybridized carbons (Fsp3) is 0.600. The highest BCUT2D eigenvalue weighted by molar-refractivity contribution is 6.00. The fourth-order valence-corrected chi connectivity index (χ4v) is 4.85. The minimum Gasteiger partial charge on any atom is -0.481 e. The van der Waals surface area contributed by atoms with Crippen molar-refractivity contribution in [3.05, 3.63) is 34.9 Å². The molecular weight excluding hydrogens is 288 g/mol. The van der Waals surface area contributed by atoms with Crippen molar-refractivity contribution in [3.63, 3.8) is 0 Å². The Labute approximate surface area is 138 Å². The van der Waals surface area contributed by atoms with Crippen molar-refractivity contribution in [2.24, 2.45) is 11.3 Å². The van der Waals surface area contributed by atoms with Crippen LogP contribution in [0.5, 0.6) is 0 Å². The summed E-state index contributed by atoms with van der Waals surface area (Å²) in [4.78, 5) is 24.7. The maximum absolute atomic E-state index is 12.8. The van der Waals surface area contributed by atoms with Crippen LogP contribution in [0, 0.1) is 11.3 Å². The highest BCUT2D eigenvalue weighted by atomic mass is 16.4. The Balaban J connectivity index is 2.16. The molecule has 0 spiro atoms. The van der Waals surface area contributed by atoms with Gasteiger partial charge in [-0.1, -0.05) is 39.3 Å². The molecule has 0 amide bonds. The molecule has 1 saturated carbocycles. The Bertz CT molecular complexity index is 675. The SMILES string of the molecule is CC(C)c1ccc2c(c1)C(=O)C[C@@H]1[C@](C)(C(=O)O)CCC[C@@]21C. The minimum absolute atomic E-state index is 0.111. The molecule has 124 valence electrons. The second kappa shape index (κ2) is 5.19. The minimum atomic E-state index is -0.808. The molecule has 0 saturated heterocycles. The van der Waals surface area contributed by atoms with Gasteiger partial charge >= 0.3 is 5.97 Å². The van der Waals surface area contributed by atoms with Gasteiger partial charge in [0, 0.05) is 12.0 Å². The van der Waals surface area contributed by atoms with E-state index in [4.69, 9.17) is 0 Å². The Kier molecular flexibility index (Phi) is 3.66. The highest BCUT2D eigenvalue weighted by Crippen LogP contribution is 2.57. The summed E-state index contributed by atoms with van der Waals surface area (Å²) < 4.78 is 0. The average molecular weight is 314 g/mol. The number of carboxylic acid groups (broad SMARTS) is 1. The van der Waals surface area contributed by atoms with Gasteiger partial charge in [-0.3, -0.25) is 9.59 Å². The molecule has 0 heterocycles. The molecular formula is C20H26O3. The molecule has 0 bridgehead atoms. The van der Waals surface area contributed by atoms with Crippen molar-refractivity contribution in [3.8, 4) is 0 Å². The third kappa shape index (κ3) is 2.24. The standard InChI is InChI=1S/C20H26O3/c1-12(2)13-6-7-15-14(10-13)16(21)11-17-19(15,3)8-5-9-20(17,4)18(22)23/h6-7,10,12,17H,5,8-9,11H2,1-4H3,(H,22,23)/t17-,19-,20+/m0/s1. The molecule has 0 unspecified atom stereocenters. The summed E-state index contributed by atoms with van der Waals surface area (Å²) in [5.74, 6) is -0.386. The molecule has 3 heteroatoms. The fourth-order valence-electron chi connectivity index (χ4n) is 4.85. The van der Waals surface area contributed by atoms with E-state index < -0.39 is 11.4 Å². The van der Waals surface area contributed by atoms with E-state index in [1.54, 1.807) is 0 Å². The van der Waals surface area contributed by atoms with Crippen molar-refractivity contribution in [1.29, 1.82) is 0 Å². The molecule has 23 heavy (non-hydrogen) atoms. The highest BCUT2D eigenvalue weighted by Gasteiger charge is 2.56. The van der Waals surface area contributed by atoms with E-state index >= 15 is 0 Å². The van der Waals surface area contributed by atoms with E-state index in [1.807, 2.05) is 13.0 Å². The number of carbonyl (C=O) groups excluding carboxylic acids is 1. The topological polar surface area (TPSA) is 54.4 Å². The maximum Gasteiger partial charge on any atom is 0.309 e. The van der Waals surface area contributed by atoms with Gasteiger partial charge in [0.05, 0.1) is 5.41 Å². The number of carboxylic acids is 1. The predicted octanol–water partition coefficient (Wildman–Crippen LogP) is 4.55. The molecule has 1 aromatic carbocycles. The van der Waals surface area contributed by atoms with Gasteiger partial charge in [-0.25, -0.2) is 0 Å². The number of hydrogen-bond acceptors (Lipinski definition) is 2. The molecule has 2 aliphatic carbocycles. The van der Waals surface area contributed by atoms with E-state index in [9.17, 15) is 14.7 Å². The van der Waals surface area contributed by atoms with E-state index in [0.29, 0.717) is 18.8 Å².